The van der Waals surface area contributed by atoms with Gasteiger partial charge in [-0.25, -0.2) is 0 Å². The second-order valence-electron chi connectivity index (χ2n) is 3.89. The van der Waals surface area contributed by atoms with E-state index in [0.29, 0.717) is 19.4 Å². The molecule has 1 fully saturated rings. The molecular formula is C11H13NO4. The third kappa shape index (κ3) is 2.37. The number of non-ortho nitro benzene ring substituents is 1. The molecule has 1 aliphatic heterocycles. The van der Waals surface area contributed by atoms with Crippen molar-refractivity contribution in [3.8, 4) is 0 Å². The molecular weight excluding hydrogens is 210 g/mol. The second kappa shape index (κ2) is 4.59. The minimum Gasteiger partial charge on any atom is -0.393 e. The van der Waals surface area contributed by atoms with Gasteiger partial charge in [0.25, 0.3) is 5.69 Å². The number of benzene rings is 1. The highest BCUT2D eigenvalue weighted by atomic mass is 16.6. The molecule has 1 N–H and O–H groups in total. The summed E-state index contributed by atoms with van der Waals surface area (Å²) in [6.45, 7) is 0.531. The number of hydrogen-bond donors (Lipinski definition) is 1. The summed E-state index contributed by atoms with van der Waals surface area (Å²) in [5.41, 5.74) is 0.949. The molecule has 2 atom stereocenters. The molecule has 1 aromatic carbocycles. The van der Waals surface area contributed by atoms with Crippen LogP contribution in [0.5, 0.6) is 0 Å². The topological polar surface area (TPSA) is 72.6 Å². The second-order valence-corrected chi connectivity index (χ2v) is 3.89. The lowest BCUT2D eigenvalue weighted by molar-refractivity contribution is -0.384. The number of nitro benzene ring substituents is 1. The Hall–Kier alpha value is -1.46. The zero-order valence-corrected chi connectivity index (χ0v) is 8.70. The van der Waals surface area contributed by atoms with Gasteiger partial charge in [-0.15, -0.1) is 0 Å². The number of rotatable bonds is 2. The van der Waals surface area contributed by atoms with Gasteiger partial charge in [-0.1, -0.05) is 0 Å². The molecule has 5 nitrogen and oxygen atoms in total. The van der Waals surface area contributed by atoms with Crippen LogP contribution in [-0.4, -0.2) is 22.7 Å². The van der Waals surface area contributed by atoms with Gasteiger partial charge in [0.2, 0.25) is 0 Å². The Morgan fingerprint density at radius 1 is 1.38 bits per heavy atom. The molecule has 0 amide bonds. The highest BCUT2D eigenvalue weighted by Crippen LogP contribution is 2.28. The van der Waals surface area contributed by atoms with Gasteiger partial charge in [-0.3, -0.25) is 10.1 Å². The van der Waals surface area contributed by atoms with E-state index in [1.807, 2.05) is 0 Å². The van der Waals surface area contributed by atoms with Crippen molar-refractivity contribution in [1.82, 2.24) is 0 Å². The van der Waals surface area contributed by atoms with Crippen LogP contribution in [0.15, 0.2) is 24.3 Å². The van der Waals surface area contributed by atoms with Crippen LogP contribution in [-0.2, 0) is 4.74 Å². The average molecular weight is 223 g/mol. The first-order valence-corrected chi connectivity index (χ1v) is 5.21. The smallest absolute Gasteiger partial charge is 0.269 e. The van der Waals surface area contributed by atoms with Crippen molar-refractivity contribution in [2.24, 2.45) is 0 Å². The summed E-state index contributed by atoms with van der Waals surface area (Å²) in [4.78, 5) is 10.0. The van der Waals surface area contributed by atoms with Crippen LogP contribution in [0.25, 0.3) is 0 Å². The first-order valence-electron chi connectivity index (χ1n) is 5.21. The molecule has 1 heterocycles. The molecule has 5 heteroatoms. The van der Waals surface area contributed by atoms with Crippen LogP contribution in [0.3, 0.4) is 0 Å². The van der Waals surface area contributed by atoms with Gasteiger partial charge >= 0.3 is 0 Å². The van der Waals surface area contributed by atoms with Crippen molar-refractivity contribution in [3.63, 3.8) is 0 Å². The molecule has 0 bridgehead atoms. The quantitative estimate of drug-likeness (QED) is 0.613. The Morgan fingerprint density at radius 2 is 2.06 bits per heavy atom. The zero-order chi connectivity index (χ0) is 11.5. The molecule has 0 saturated carbocycles. The van der Waals surface area contributed by atoms with Crippen molar-refractivity contribution < 1.29 is 14.8 Å². The Labute approximate surface area is 92.8 Å². The Morgan fingerprint density at radius 3 is 2.62 bits per heavy atom. The van der Waals surface area contributed by atoms with Gasteiger partial charge in [0, 0.05) is 25.2 Å². The van der Waals surface area contributed by atoms with Crippen molar-refractivity contribution in [2.75, 3.05) is 6.61 Å². The fourth-order valence-corrected chi connectivity index (χ4v) is 1.82. The summed E-state index contributed by atoms with van der Waals surface area (Å²) in [7, 11) is 0. The normalized spacial score (nSPS) is 25.3. The van der Waals surface area contributed by atoms with E-state index in [4.69, 9.17) is 4.74 Å². The molecule has 86 valence electrons. The number of nitrogens with zero attached hydrogens (tertiary/aromatic N) is 1. The van der Waals surface area contributed by atoms with Gasteiger partial charge in [-0.2, -0.15) is 0 Å². The highest BCUT2D eigenvalue weighted by molar-refractivity contribution is 5.33. The predicted molar refractivity (Wildman–Crippen MR) is 57.0 cm³/mol. The van der Waals surface area contributed by atoms with E-state index in [9.17, 15) is 15.2 Å². The lowest BCUT2D eigenvalue weighted by atomic mass is 9.99. The van der Waals surface area contributed by atoms with Crippen molar-refractivity contribution in [3.05, 3.63) is 39.9 Å². The van der Waals surface area contributed by atoms with Gasteiger partial charge < -0.3 is 9.84 Å². The van der Waals surface area contributed by atoms with E-state index in [1.54, 1.807) is 12.1 Å². The van der Waals surface area contributed by atoms with Crippen LogP contribution in [0, 0.1) is 10.1 Å². The molecule has 1 aliphatic rings. The lowest BCUT2D eigenvalue weighted by Crippen LogP contribution is -2.23. The van der Waals surface area contributed by atoms with Gasteiger partial charge in [0.05, 0.1) is 17.1 Å². The standard InChI is InChI=1S/C11H13NO4/c13-10-5-6-16-11(7-10)8-1-3-9(4-2-8)12(14)15/h1-4,10-11,13H,5-7H2. The van der Waals surface area contributed by atoms with Crippen LogP contribution in [0.1, 0.15) is 24.5 Å². The number of aliphatic hydroxyl groups excluding tert-OH is 1. The van der Waals surface area contributed by atoms with Crippen molar-refractivity contribution in [1.29, 1.82) is 0 Å². The molecule has 0 aromatic heterocycles. The Balaban J connectivity index is 2.11. The highest BCUT2D eigenvalue weighted by Gasteiger charge is 2.22. The maximum Gasteiger partial charge on any atom is 0.269 e. The summed E-state index contributed by atoms with van der Waals surface area (Å²) >= 11 is 0. The first kappa shape index (κ1) is 11.0. The lowest BCUT2D eigenvalue weighted by Gasteiger charge is -2.26. The van der Waals surface area contributed by atoms with Crippen LogP contribution >= 0.6 is 0 Å². The number of nitro groups is 1. The Kier molecular flexibility index (Phi) is 3.17. The van der Waals surface area contributed by atoms with E-state index >= 15 is 0 Å². The minimum atomic E-state index is -0.430. The van der Waals surface area contributed by atoms with Crippen LogP contribution < -0.4 is 0 Å². The van der Waals surface area contributed by atoms with Gasteiger partial charge in [-0.05, 0) is 24.1 Å². The van der Waals surface area contributed by atoms with Crippen molar-refractivity contribution in [2.45, 2.75) is 25.0 Å². The molecule has 0 radical (unpaired) electrons. The first-order chi connectivity index (χ1) is 7.66. The van der Waals surface area contributed by atoms with E-state index < -0.39 is 4.92 Å². The fraction of sp³-hybridized carbons (Fsp3) is 0.455. The van der Waals surface area contributed by atoms with E-state index in [2.05, 4.69) is 0 Å². The van der Waals surface area contributed by atoms with E-state index in [0.717, 1.165) is 5.56 Å². The maximum atomic E-state index is 10.5. The molecule has 2 unspecified atom stereocenters. The van der Waals surface area contributed by atoms with Gasteiger partial charge in [0.1, 0.15) is 0 Å². The molecule has 2 rings (SSSR count). The average Bonchev–Trinajstić information content (AvgIpc) is 2.29. The van der Waals surface area contributed by atoms with Crippen LogP contribution in [0.2, 0.25) is 0 Å². The van der Waals surface area contributed by atoms with E-state index in [-0.39, 0.29) is 17.9 Å². The summed E-state index contributed by atoms with van der Waals surface area (Å²) in [5, 5.41) is 20.0. The number of aliphatic hydroxyl groups is 1. The number of ether oxygens (including phenoxy) is 1. The third-order valence-electron chi connectivity index (χ3n) is 2.73. The van der Waals surface area contributed by atoms with Crippen molar-refractivity contribution >= 4 is 5.69 Å². The molecule has 0 aliphatic carbocycles. The zero-order valence-electron chi connectivity index (χ0n) is 8.70. The van der Waals surface area contributed by atoms with Crippen LogP contribution in [0.4, 0.5) is 5.69 Å². The molecule has 1 aromatic rings. The summed E-state index contributed by atoms with van der Waals surface area (Å²) in [6.07, 6.45) is 0.722. The molecule has 16 heavy (non-hydrogen) atoms. The summed E-state index contributed by atoms with van der Waals surface area (Å²) < 4.78 is 5.50. The Bertz CT molecular complexity index is 376. The number of hydrogen-bond acceptors (Lipinski definition) is 4. The minimum absolute atomic E-state index is 0.0695. The largest absolute Gasteiger partial charge is 0.393 e. The summed E-state index contributed by atoms with van der Waals surface area (Å²) in [5.74, 6) is 0. The summed E-state index contributed by atoms with van der Waals surface area (Å²) in [6, 6.07) is 6.28. The maximum absolute atomic E-state index is 10.5. The third-order valence-corrected chi connectivity index (χ3v) is 2.73. The molecule has 1 saturated heterocycles. The predicted octanol–water partition coefficient (Wildman–Crippen LogP) is 1.81. The fourth-order valence-electron chi connectivity index (χ4n) is 1.82. The monoisotopic (exact) mass is 223 g/mol. The van der Waals surface area contributed by atoms with Gasteiger partial charge in [0.15, 0.2) is 0 Å². The van der Waals surface area contributed by atoms with E-state index in [1.165, 1.54) is 12.1 Å². The molecule has 0 spiro atoms. The SMILES string of the molecule is O=[N+]([O-])c1ccc(C2CC(O)CCO2)cc1.